The molecule has 1 aromatic rings. The second kappa shape index (κ2) is 27.8. The van der Waals surface area contributed by atoms with Crippen LogP contribution in [0.5, 0.6) is 0 Å². The van der Waals surface area contributed by atoms with Gasteiger partial charge in [0.2, 0.25) is 0 Å². The Morgan fingerprint density at radius 2 is 1.27 bits per heavy atom. The van der Waals surface area contributed by atoms with Gasteiger partial charge in [-0.2, -0.15) is 0 Å². The van der Waals surface area contributed by atoms with E-state index in [1.807, 2.05) is 65.0 Å². The highest BCUT2D eigenvalue weighted by molar-refractivity contribution is 6.31. The van der Waals surface area contributed by atoms with Crippen LogP contribution in [-0.4, -0.2) is 0 Å². The van der Waals surface area contributed by atoms with Crippen LogP contribution in [0.2, 0.25) is 5.02 Å². The largest absolute Gasteiger partial charge is 0.124 e. The molecule has 1 atom stereocenters. The van der Waals surface area contributed by atoms with Crippen molar-refractivity contribution in [3.8, 4) is 12.8 Å². The Kier molecular flexibility index (Phi) is 28.2. The van der Waals surface area contributed by atoms with Crippen molar-refractivity contribution in [3.63, 3.8) is 0 Å². The second-order valence-corrected chi connectivity index (χ2v) is 8.67. The summed E-state index contributed by atoms with van der Waals surface area (Å²) in [5.41, 5.74) is 8.20. The molecular formula is C40H53Cl. The van der Waals surface area contributed by atoms with Gasteiger partial charge in [0.05, 0.1) is 0 Å². The molecule has 0 aliphatic rings. The quantitative estimate of drug-likeness (QED) is 0.141. The molecule has 0 spiro atoms. The van der Waals surface area contributed by atoms with Crippen LogP contribution < -0.4 is 0 Å². The van der Waals surface area contributed by atoms with Gasteiger partial charge in [-0.05, 0) is 99.1 Å². The first kappa shape index (κ1) is 41.7. The molecule has 1 heteroatoms. The molecule has 1 unspecified atom stereocenters. The molecule has 0 saturated carbocycles. The van der Waals surface area contributed by atoms with E-state index < -0.39 is 0 Å². The van der Waals surface area contributed by atoms with Gasteiger partial charge >= 0.3 is 0 Å². The molecule has 0 aromatic heterocycles. The Labute approximate surface area is 259 Å². The Bertz CT molecular complexity index is 1180. The van der Waals surface area contributed by atoms with Crippen molar-refractivity contribution in [1.29, 1.82) is 0 Å². The van der Waals surface area contributed by atoms with Gasteiger partial charge in [0.1, 0.15) is 0 Å². The predicted molar refractivity (Wildman–Crippen MR) is 194 cm³/mol. The molecule has 0 saturated heterocycles. The highest BCUT2D eigenvalue weighted by atomic mass is 35.5. The van der Waals surface area contributed by atoms with Gasteiger partial charge in [0.25, 0.3) is 0 Å². The fraction of sp³-hybridized carbons (Fsp3) is 0.250. The van der Waals surface area contributed by atoms with E-state index in [-0.39, 0.29) is 5.92 Å². The number of terminal acetylenes is 1. The molecule has 0 heterocycles. The van der Waals surface area contributed by atoms with Crippen molar-refractivity contribution in [2.75, 3.05) is 0 Å². The number of allylic oxidation sites excluding steroid dienone is 19. The molecule has 0 fully saturated rings. The van der Waals surface area contributed by atoms with Gasteiger partial charge in [0, 0.05) is 5.02 Å². The maximum absolute atomic E-state index is 6.48. The molecule has 0 radical (unpaired) electrons. The summed E-state index contributed by atoms with van der Waals surface area (Å²) in [6.07, 6.45) is 37.4. The van der Waals surface area contributed by atoms with E-state index >= 15 is 0 Å². The van der Waals surface area contributed by atoms with Crippen LogP contribution in [0.1, 0.15) is 73.4 Å². The number of hydrogen-bond acceptors (Lipinski definition) is 0. The molecule has 0 nitrogen and oxygen atoms in total. The summed E-state index contributed by atoms with van der Waals surface area (Å²) in [6, 6.07) is 6.23. The van der Waals surface area contributed by atoms with Crippen molar-refractivity contribution < 1.29 is 0 Å². The van der Waals surface area contributed by atoms with Crippen LogP contribution >= 0.6 is 11.6 Å². The summed E-state index contributed by atoms with van der Waals surface area (Å²) in [6.45, 7) is 28.5. The lowest BCUT2D eigenvalue weighted by molar-refractivity contribution is 0.857. The molecule has 41 heavy (non-hydrogen) atoms. The Hall–Kier alpha value is -3.79. The lowest BCUT2D eigenvalue weighted by atomic mass is 9.94. The van der Waals surface area contributed by atoms with Crippen molar-refractivity contribution in [2.45, 2.75) is 62.3 Å². The highest BCUT2D eigenvalue weighted by Gasteiger charge is 2.06. The molecule has 1 rings (SSSR count). The summed E-state index contributed by atoms with van der Waals surface area (Å²) in [5, 5.41) is 0.737. The third-order valence-electron chi connectivity index (χ3n) is 5.72. The van der Waals surface area contributed by atoms with E-state index in [4.69, 9.17) is 11.6 Å². The third kappa shape index (κ3) is 16.8. The average Bonchev–Trinajstić information content (AvgIpc) is 3.01. The van der Waals surface area contributed by atoms with E-state index in [1.54, 1.807) is 0 Å². The minimum Gasteiger partial charge on any atom is -0.124 e. The van der Waals surface area contributed by atoms with Gasteiger partial charge in [-0.15, -0.1) is 26.0 Å². The van der Waals surface area contributed by atoms with E-state index in [0.717, 1.165) is 27.3 Å². The van der Waals surface area contributed by atoms with Crippen molar-refractivity contribution in [3.05, 3.63) is 156 Å². The van der Waals surface area contributed by atoms with Crippen LogP contribution in [0.4, 0.5) is 0 Å². The SMILES string of the molecule is C#C.C=C.C=C\C=C/C(=C\C(C)/C(C)=C/C=C\C(=C/C)c1cc(Cl)cc(C(/C=C\C)=C/C)c1)C(/C=C\C)=C/C.CC. The molecule has 0 aliphatic heterocycles. The zero-order valence-electron chi connectivity index (χ0n) is 27.0. The van der Waals surface area contributed by atoms with Crippen LogP contribution in [0.25, 0.3) is 11.1 Å². The highest BCUT2D eigenvalue weighted by Crippen LogP contribution is 2.27. The standard InChI is InChI=1S/C34H41Cl.C2H6.C2H4.C2H2/c1-9-15-20-31(28(12-4)17-10-2)22-27(8)26(7)19-16-21-30(14-6)33-23-32(24-34(35)25-33)29(13-5)18-11-3;3*1-2/h9-25,27H,1H2,2-8H3;1-2H3;1-2H2;1-2H/b17-10-,18-11-,20-15-,21-16-,26-19+,28-12+,29-13+,30-14+,31-22+;;;. The van der Waals surface area contributed by atoms with Crippen LogP contribution in [-0.2, 0) is 0 Å². The fourth-order valence-corrected chi connectivity index (χ4v) is 3.87. The first-order valence-electron chi connectivity index (χ1n) is 14.1. The van der Waals surface area contributed by atoms with Crippen molar-refractivity contribution in [2.24, 2.45) is 5.92 Å². The van der Waals surface area contributed by atoms with Gasteiger partial charge in [-0.25, -0.2) is 0 Å². The molecule has 0 bridgehead atoms. The maximum Gasteiger partial charge on any atom is 0.0418 e. The second-order valence-electron chi connectivity index (χ2n) is 8.24. The topological polar surface area (TPSA) is 0 Å². The first-order valence-corrected chi connectivity index (χ1v) is 14.5. The normalized spacial score (nSPS) is 13.8. The Morgan fingerprint density at radius 1 is 0.756 bits per heavy atom. The van der Waals surface area contributed by atoms with E-state index in [9.17, 15) is 0 Å². The molecule has 1 aromatic carbocycles. The lowest BCUT2D eigenvalue weighted by Crippen LogP contribution is -1.95. The summed E-state index contributed by atoms with van der Waals surface area (Å²) >= 11 is 6.48. The Morgan fingerprint density at radius 3 is 1.71 bits per heavy atom. The van der Waals surface area contributed by atoms with Crippen molar-refractivity contribution in [1.82, 2.24) is 0 Å². The zero-order chi connectivity index (χ0) is 32.2. The van der Waals surface area contributed by atoms with Crippen LogP contribution in [0, 0.1) is 18.8 Å². The molecule has 220 valence electrons. The van der Waals surface area contributed by atoms with E-state index in [0.29, 0.717) is 0 Å². The van der Waals surface area contributed by atoms with Crippen molar-refractivity contribution >= 4 is 22.7 Å². The Balaban J connectivity index is -0.00000225. The van der Waals surface area contributed by atoms with Crippen LogP contribution in [0.15, 0.2) is 140 Å². The van der Waals surface area contributed by atoms with Crippen LogP contribution in [0.3, 0.4) is 0 Å². The first-order chi connectivity index (χ1) is 19.8. The van der Waals surface area contributed by atoms with Gasteiger partial charge in [-0.3, -0.25) is 0 Å². The number of halogens is 1. The van der Waals surface area contributed by atoms with Gasteiger partial charge in [-0.1, -0.05) is 130 Å². The monoisotopic (exact) mass is 568 g/mol. The summed E-state index contributed by atoms with van der Waals surface area (Å²) in [4.78, 5) is 0. The van der Waals surface area contributed by atoms with E-state index in [1.165, 1.54) is 16.7 Å². The average molecular weight is 569 g/mol. The van der Waals surface area contributed by atoms with Gasteiger partial charge < -0.3 is 0 Å². The molecule has 0 amide bonds. The molecule has 0 N–H and O–H groups in total. The minimum absolute atomic E-state index is 0.286. The zero-order valence-corrected chi connectivity index (χ0v) is 27.8. The number of hydrogen-bond donors (Lipinski definition) is 0. The number of rotatable bonds is 11. The minimum atomic E-state index is 0.286. The lowest BCUT2D eigenvalue weighted by Gasteiger charge is -2.11. The molecular weight excluding hydrogens is 516 g/mol. The summed E-state index contributed by atoms with van der Waals surface area (Å²) < 4.78 is 0. The fourth-order valence-electron chi connectivity index (χ4n) is 3.64. The maximum atomic E-state index is 6.48. The van der Waals surface area contributed by atoms with E-state index in [2.05, 4.69) is 133 Å². The smallest absolute Gasteiger partial charge is 0.0418 e. The third-order valence-corrected chi connectivity index (χ3v) is 5.94. The van der Waals surface area contributed by atoms with Gasteiger partial charge in [0.15, 0.2) is 0 Å². The predicted octanol–water partition coefficient (Wildman–Crippen LogP) is 13.1. The summed E-state index contributed by atoms with van der Waals surface area (Å²) in [5.74, 6) is 0.286. The summed E-state index contributed by atoms with van der Waals surface area (Å²) in [7, 11) is 0. The molecule has 0 aliphatic carbocycles. The number of benzene rings is 1.